The van der Waals surface area contributed by atoms with Gasteiger partial charge in [-0.15, -0.1) is 0 Å². The van der Waals surface area contributed by atoms with E-state index in [1.54, 1.807) is 30.5 Å². The van der Waals surface area contributed by atoms with Crippen LogP contribution in [-0.4, -0.2) is 16.6 Å². The number of hydrogen-bond acceptors (Lipinski definition) is 3. The maximum absolute atomic E-state index is 11.8. The normalized spacial score (nSPS) is 18.0. The fraction of sp³-hybridized carbons (Fsp3) is 0.200. The van der Waals surface area contributed by atoms with E-state index in [-0.39, 0.29) is 11.9 Å². The van der Waals surface area contributed by atoms with Gasteiger partial charge in [-0.2, -0.15) is 5.10 Å². The Morgan fingerprint density at radius 2 is 2.19 bits per heavy atom. The lowest BCUT2D eigenvalue weighted by atomic mass is 10.0. The summed E-state index contributed by atoms with van der Waals surface area (Å²) in [6.07, 6.45) is 2.12. The molecule has 1 unspecified atom stereocenters. The zero-order chi connectivity index (χ0) is 15.0. The Hall–Kier alpha value is -1.78. The smallest absolute Gasteiger partial charge is 0.240 e. The first-order chi connectivity index (χ1) is 10.1. The molecule has 1 aliphatic heterocycles. The van der Waals surface area contributed by atoms with Crippen molar-refractivity contribution in [3.05, 3.63) is 58.0 Å². The second kappa shape index (κ2) is 5.54. The van der Waals surface area contributed by atoms with Crippen molar-refractivity contribution in [1.82, 2.24) is 5.01 Å². The SMILES string of the molecule is CC(=O)N1N=C(c2cc(Cl)ccc2Cl)CC1c1ccco1. The van der Waals surface area contributed by atoms with Crippen LogP contribution in [0.4, 0.5) is 0 Å². The van der Waals surface area contributed by atoms with Crippen molar-refractivity contribution in [2.45, 2.75) is 19.4 Å². The summed E-state index contributed by atoms with van der Waals surface area (Å²) in [5, 5.41) is 6.95. The number of amides is 1. The van der Waals surface area contributed by atoms with Gasteiger partial charge in [0.15, 0.2) is 0 Å². The molecule has 0 saturated heterocycles. The molecule has 1 atom stereocenters. The van der Waals surface area contributed by atoms with Crippen LogP contribution in [-0.2, 0) is 4.79 Å². The molecule has 6 heteroatoms. The van der Waals surface area contributed by atoms with E-state index in [1.165, 1.54) is 11.9 Å². The molecule has 2 heterocycles. The van der Waals surface area contributed by atoms with Crippen LogP contribution in [0, 0.1) is 0 Å². The first kappa shape index (κ1) is 14.2. The number of carbonyl (C=O) groups excluding carboxylic acids is 1. The summed E-state index contributed by atoms with van der Waals surface area (Å²) in [7, 11) is 0. The van der Waals surface area contributed by atoms with E-state index < -0.39 is 0 Å². The summed E-state index contributed by atoms with van der Waals surface area (Å²) in [4.78, 5) is 11.8. The quantitative estimate of drug-likeness (QED) is 0.828. The third-order valence-electron chi connectivity index (χ3n) is 3.34. The van der Waals surface area contributed by atoms with Crippen molar-refractivity contribution < 1.29 is 9.21 Å². The van der Waals surface area contributed by atoms with Crippen molar-refractivity contribution >= 4 is 34.8 Å². The number of hydrazone groups is 1. The van der Waals surface area contributed by atoms with Crippen LogP contribution >= 0.6 is 23.2 Å². The Morgan fingerprint density at radius 3 is 2.86 bits per heavy atom. The lowest BCUT2D eigenvalue weighted by Crippen LogP contribution is -2.23. The zero-order valence-corrected chi connectivity index (χ0v) is 12.7. The molecule has 0 spiro atoms. The average Bonchev–Trinajstić information content (AvgIpc) is 3.09. The van der Waals surface area contributed by atoms with Crippen LogP contribution in [0.5, 0.6) is 0 Å². The second-order valence-corrected chi connectivity index (χ2v) is 5.61. The highest BCUT2D eigenvalue weighted by atomic mass is 35.5. The molecule has 0 aliphatic carbocycles. The molecule has 1 aliphatic rings. The van der Waals surface area contributed by atoms with Crippen molar-refractivity contribution in [1.29, 1.82) is 0 Å². The Bertz CT molecular complexity index is 710. The van der Waals surface area contributed by atoms with Gasteiger partial charge in [-0.25, -0.2) is 5.01 Å². The Kier molecular flexibility index (Phi) is 3.74. The third kappa shape index (κ3) is 2.69. The van der Waals surface area contributed by atoms with Gasteiger partial charge in [0, 0.05) is 29.0 Å². The second-order valence-electron chi connectivity index (χ2n) is 4.77. The van der Waals surface area contributed by atoms with Crippen LogP contribution in [0.25, 0.3) is 0 Å². The molecule has 1 amide bonds. The average molecular weight is 323 g/mol. The fourth-order valence-corrected chi connectivity index (χ4v) is 2.78. The van der Waals surface area contributed by atoms with Crippen LogP contribution in [0.1, 0.15) is 30.7 Å². The maximum atomic E-state index is 11.8. The Labute approximate surface area is 131 Å². The van der Waals surface area contributed by atoms with Gasteiger partial charge in [-0.1, -0.05) is 23.2 Å². The van der Waals surface area contributed by atoms with Crippen molar-refractivity contribution in [3.8, 4) is 0 Å². The maximum Gasteiger partial charge on any atom is 0.240 e. The zero-order valence-electron chi connectivity index (χ0n) is 11.2. The van der Waals surface area contributed by atoms with E-state index >= 15 is 0 Å². The highest BCUT2D eigenvalue weighted by Crippen LogP contribution is 2.35. The van der Waals surface area contributed by atoms with Gasteiger partial charge in [0.25, 0.3) is 0 Å². The molecular weight excluding hydrogens is 311 g/mol. The standard InChI is InChI=1S/C15H12Cl2N2O2/c1-9(20)19-14(15-3-2-6-21-15)8-13(18-19)11-7-10(16)4-5-12(11)17/h2-7,14H,8H2,1H3. The van der Waals surface area contributed by atoms with Crippen molar-refractivity contribution in [2.24, 2.45) is 5.10 Å². The number of carbonyl (C=O) groups is 1. The molecule has 0 saturated carbocycles. The van der Waals surface area contributed by atoms with Crippen LogP contribution < -0.4 is 0 Å². The van der Waals surface area contributed by atoms with Gasteiger partial charge in [0.1, 0.15) is 11.8 Å². The summed E-state index contributed by atoms with van der Waals surface area (Å²) in [5.74, 6) is 0.548. The summed E-state index contributed by atoms with van der Waals surface area (Å²) in [5.41, 5.74) is 1.46. The molecule has 1 aromatic carbocycles. The number of benzene rings is 1. The highest BCUT2D eigenvalue weighted by Gasteiger charge is 2.33. The summed E-state index contributed by atoms with van der Waals surface area (Å²) < 4.78 is 5.41. The van der Waals surface area contributed by atoms with Crippen LogP contribution in [0.15, 0.2) is 46.1 Å². The molecule has 1 aromatic heterocycles. The van der Waals surface area contributed by atoms with Gasteiger partial charge >= 0.3 is 0 Å². The predicted molar refractivity (Wildman–Crippen MR) is 81.6 cm³/mol. The molecular formula is C15H12Cl2N2O2. The molecule has 0 N–H and O–H groups in total. The van der Waals surface area contributed by atoms with Crippen molar-refractivity contribution in [2.75, 3.05) is 0 Å². The van der Waals surface area contributed by atoms with E-state index in [2.05, 4.69) is 5.10 Å². The van der Waals surface area contributed by atoms with Gasteiger partial charge in [-0.3, -0.25) is 4.79 Å². The topological polar surface area (TPSA) is 45.8 Å². The Balaban J connectivity index is 1.99. The van der Waals surface area contributed by atoms with Crippen LogP contribution in [0.3, 0.4) is 0 Å². The minimum Gasteiger partial charge on any atom is -0.467 e. The molecule has 3 rings (SSSR count). The van der Waals surface area contributed by atoms with Gasteiger partial charge in [-0.05, 0) is 30.3 Å². The van der Waals surface area contributed by atoms with Crippen molar-refractivity contribution in [3.63, 3.8) is 0 Å². The number of nitrogens with zero attached hydrogens (tertiary/aromatic N) is 2. The van der Waals surface area contributed by atoms with E-state index in [4.69, 9.17) is 27.6 Å². The van der Waals surface area contributed by atoms with E-state index in [1.807, 2.05) is 6.07 Å². The first-order valence-electron chi connectivity index (χ1n) is 6.42. The minimum atomic E-state index is -0.248. The lowest BCUT2D eigenvalue weighted by Gasteiger charge is -2.17. The molecule has 0 fully saturated rings. The number of halogens is 2. The summed E-state index contributed by atoms with van der Waals surface area (Å²) in [6, 6.07) is 8.57. The first-order valence-corrected chi connectivity index (χ1v) is 7.18. The van der Waals surface area contributed by atoms with Gasteiger partial charge in [0.05, 0.1) is 12.0 Å². The number of rotatable bonds is 2. The predicted octanol–water partition coefficient (Wildman–Crippen LogP) is 4.28. The molecule has 21 heavy (non-hydrogen) atoms. The van der Waals surface area contributed by atoms with Gasteiger partial charge in [0.2, 0.25) is 5.91 Å². The van der Waals surface area contributed by atoms with Crippen LogP contribution in [0.2, 0.25) is 10.0 Å². The van der Waals surface area contributed by atoms with E-state index in [0.29, 0.717) is 22.2 Å². The van der Waals surface area contributed by atoms with E-state index in [9.17, 15) is 4.79 Å². The summed E-state index contributed by atoms with van der Waals surface area (Å²) >= 11 is 12.2. The highest BCUT2D eigenvalue weighted by molar-refractivity contribution is 6.36. The number of furan rings is 1. The van der Waals surface area contributed by atoms with E-state index in [0.717, 1.165) is 11.3 Å². The largest absolute Gasteiger partial charge is 0.467 e. The monoisotopic (exact) mass is 322 g/mol. The third-order valence-corrected chi connectivity index (χ3v) is 3.91. The summed E-state index contributed by atoms with van der Waals surface area (Å²) in [6.45, 7) is 1.47. The number of hydrogen-bond donors (Lipinski definition) is 0. The molecule has 0 radical (unpaired) electrons. The molecule has 2 aromatic rings. The molecule has 108 valence electrons. The minimum absolute atomic E-state index is 0.149. The molecule has 4 nitrogen and oxygen atoms in total. The van der Waals surface area contributed by atoms with Gasteiger partial charge < -0.3 is 4.42 Å². The molecule has 0 bridgehead atoms. The Morgan fingerprint density at radius 1 is 1.38 bits per heavy atom. The fourth-order valence-electron chi connectivity index (χ4n) is 2.38. The lowest BCUT2D eigenvalue weighted by molar-refractivity contribution is -0.130.